The minimum Gasteiger partial charge on any atom is -0.336 e. The van der Waals surface area contributed by atoms with Crippen molar-refractivity contribution in [3.8, 4) is 0 Å². The Morgan fingerprint density at radius 2 is 2.24 bits per heavy atom. The minimum atomic E-state index is 0.106. The first-order valence-electron chi connectivity index (χ1n) is 6.73. The number of rotatable bonds is 5. The summed E-state index contributed by atoms with van der Waals surface area (Å²) in [7, 11) is 0. The molecule has 0 aromatic heterocycles. The zero-order valence-corrected chi connectivity index (χ0v) is 12.3. The van der Waals surface area contributed by atoms with Gasteiger partial charge in [-0.2, -0.15) is 0 Å². The summed E-state index contributed by atoms with van der Waals surface area (Å²) in [6.07, 6.45) is 2.41. The average molecular weight is 258 g/mol. The molecule has 0 aromatic rings. The Labute approximate surface area is 110 Å². The van der Waals surface area contributed by atoms with E-state index in [1.54, 1.807) is 11.8 Å². The molecule has 0 saturated carbocycles. The van der Waals surface area contributed by atoms with Gasteiger partial charge in [-0.15, -0.1) is 11.8 Å². The zero-order valence-electron chi connectivity index (χ0n) is 11.5. The fourth-order valence-corrected chi connectivity index (χ4v) is 3.16. The highest BCUT2D eigenvalue weighted by molar-refractivity contribution is 8.00. The number of thioether (sulfide) groups is 1. The van der Waals surface area contributed by atoms with Gasteiger partial charge in [-0.25, -0.2) is 0 Å². The monoisotopic (exact) mass is 258 g/mol. The number of unbranched alkanes of at least 4 members (excludes halogenated alkanes) is 1. The topological polar surface area (TPSA) is 32.3 Å². The lowest BCUT2D eigenvalue weighted by atomic mass is 10.1. The number of hydrogen-bond acceptors (Lipinski definition) is 3. The van der Waals surface area contributed by atoms with Crippen LogP contribution in [0.2, 0.25) is 0 Å². The Hall–Kier alpha value is -0.220. The molecular weight excluding hydrogens is 232 g/mol. The quantitative estimate of drug-likeness (QED) is 0.767. The summed E-state index contributed by atoms with van der Waals surface area (Å²) in [4.78, 5) is 14.4. The van der Waals surface area contributed by atoms with Crippen LogP contribution in [-0.2, 0) is 4.79 Å². The van der Waals surface area contributed by atoms with Crippen molar-refractivity contribution in [1.29, 1.82) is 0 Å². The molecule has 0 aromatic carbocycles. The van der Waals surface area contributed by atoms with Gasteiger partial charge in [0.25, 0.3) is 0 Å². The highest BCUT2D eigenvalue weighted by Crippen LogP contribution is 2.18. The van der Waals surface area contributed by atoms with Gasteiger partial charge in [0, 0.05) is 25.2 Å². The Bertz CT molecular complexity index is 248. The van der Waals surface area contributed by atoms with Crippen LogP contribution in [0.4, 0.5) is 0 Å². The van der Waals surface area contributed by atoms with E-state index in [0.29, 0.717) is 18.0 Å². The van der Waals surface area contributed by atoms with Crippen LogP contribution < -0.4 is 5.32 Å². The summed E-state index contributed by atoms with van der Waals surface area (Å²) >= 11 is 1.79. The number of piperazine rings is 1. The molecule has 1 aliphatic heterocycles. The third kappa shape index (κ3) is 4.18. The van der Waals surface area contributed by atoms with E-state index in [0.717, 1.165) is 18.8 Å². The summed E-state index contributed by atoms with van der Waals surface area (Å²) < 4.78 is 0. The van der Waals surface area contributed by atoms with E-state index in [9.17, 15) is 4.79 Å². The van der Waals surface area contributed by atoms with Crippen LogP contribution in [-0.4, -0.2) is 47.0 Å². The molecule has 100 valence electrons. The molecule has 4 heteroatoms. The zero-order chi connectivity index (χ0) is 12.8. The van der Waals surface area contributed by atoms with Crippen molar-refractivity contribution < 1.29 is 4.79 Å². The van der Waals surface area contributed by atoms with Crippen molar-refractivity contribution in [3.05, 3.63) is 0 Å². The van der Waals surface area contributed by atoms with Crippen molar-refractivity contribution in [1.82, 2.24) is 10.2 Å². The van der Waals surface area contributed by atoms with Crippen molar-refractivity contribution >= 4 is 17.7 Å². The van der Waals surface area contributed by atoms with E-state index in [1.165, 1.54) is 12.8 Å². The Morgan fingerprint density at radius 1 is 1.53 bits per heavy atom. The number of nitrogens with one attached hydrogen (secondary N) is 1. The highest BCUT2D eigenvalue weighted by atomic mass is 32.2. The van der Waals surface area contributed by atoms with Crippen molar-refractivity contribution in [2.24, 2.45) is 0 Å². The predicted molar refractivity (Wildman–Crippen MR) is 75.5 cm³/mol. The molecule has 1 aliphatic rings. The van der Waals surface area contributed by atoms with Crippen molar-refractivity contribution in [2.75, 3.05) is 18.8 Å². The van der Waals surface area contributed by atoms with Gasteiger partial charge in [0.15, 0.2) is 0 Å². The molecule has 3 unspecified atom stereocenters. The van der Waals surface area contributed by atoms with Crippen molar-refractivity contribution in [2.45, 2.75) is 57.9 Å². The molecule has 0 spiro atoms. The molecule has 3 nitrogen and oxygen atoms in total. The van der Waals surface area contributed by atoms with E-state index in [-0.39, 0.29) is 5.25 Å². The number of carbonyl (C=O) groups is 1. The fraction of sp³-hybridized carbons (Fsp3) is 0.923. The van der Waals surface area contributed by atoms with E-state index >= 15 is 0 Å². The predicted octanol–water partition coefficient (Wildman–Crippen LogP) is 2.12. The number of carbonyl (C=O) groups excluding carboxylic acids is 1. The number of amides is 1. The van der Waals surface area contributed by atoms with Gasteiger partial charge >= 0.3 is 0 Å². The fourth-order valence-electron chi connectivity index (χ4n) is 2.08. The van der Waals surface area contributed by atoms with Gasteiger partial charge < -0.3 is 10.2 Å². The number of nitrogens with zero attached hydrogens (tertiary/aromatic N) is 1. The molecule has 0 radical (unpaired) electrons. The molecule has 1 heterocycles. The number of hydrogen-bond donors (Lipinski definition) is 1. The summed E-state index contributed by atoms with van der Waals surface area (Å²) in [5.74, 6) is 1.41. The van der Waals surface area contributed by atoms with Crippen LogP contribution in [0.25, 0.3) is 0 Å². The normalized spacial score (nSPS) is 26.9. The SMILES string of the molecule is CCCCSC(C)C(=O)N1CCNC(C)C1C. The Morgan fingerprint density at radius 3 is 2.88 bits per heavy atom. The summed E-state index contributed by atoms with van der Waals surface area (Å²) in [6.45, 7) is 10.3. The molecular formula is C13H26N2OS. The largest absolute Gasteiger partial charge is 0.336 e. The highest BCUT2D eigenvalue weighted by Gasteiger charge is 2.30. The van der Waals surface area contributed by atoms with Crippen molar-refractivity contribution in [3.63, 3.8) is 0 Å². The maximum atomic E-state index is 12.3. The molecule has 1 fully saturated rings. The standard InChI is InChI=1S/C13H26N2OS/c1-5-6-9-17-12(4)13(16)15-8-7-14-10(2)11(15)3/h10-12,14H,5-9H2,1-4H3. The summed E-state index contributed by atoms with van der Waals surface area (Å²) in [5.41, 5.74) is 0. The van der Waals surface area contributed by atoms with Crippen LogP contribution in [0.5, 0.6) is 0 Å². The molecule has 1 rings (SSSR count). The first-order chi connectivity index (χ1) is 8.07. The first-order valence-corrected chi connectivity index (χ1v) is 7.78. The summed E-state index contributed by atoms with van der Waals surface area (Å²) in [6, 6.07) is 0.714. The molecule has 17 heavy (non-hydrogen) atoms. The third-order valence-corrected chi connectivity index (χ3v) is 4.76. The van der Waals surface area contributed by atoms with Crippen LogP contribution in [0.1, 0.15) is 40.5 Å². The van der Waals surface area contributed by atoms with Crippen LogP contribution in [0.15, 0.2) is 0 Å². The van der Waals surface area contributed by atoms with Gasteiger partial charge in [0.05, 0.1) is 5.25 Å². The molecule has 1 saturated heterocycles. The molecule has 0 bridgehead atoms. The smallest absolute Gasteiger partial charge is 0.235 e. The van der Waals surface area contributed by atoms with Crippen LogP contribution in [0, 0.1) is 0 Å². The molecule has 1 amide bonds. The van der Waals surface area contributed by atoms with E-state index in [2.05, 4.69) is 26.1 Å². The van der Waals surface area contributed by atoms with Gasteiger partial charge in [-0.05, 0) is 32.9 Å². The Kier molecular flexibility index (Phi) is 6.34. The lowest BCUT2D eigenvalue weighted by Crippen LogP contribution is -2.58. The van der Waals surface area contributed by atoms with Gasteiger partial charge in [-0.1, -0.05) is 13.3 Å². The maximum absolute atomic E-state index is 12.3. The maximum Gasteiger partial charge on any atom is 0.235 e. The van der Waals surface area contributed by atoms with E-state index in [1.807, 2.05) is 11.8 Å². The average Bonchev–Trinajstić information content (AvgIpc) is 2.32. The lowest BCUT2D eigenvalue weighted by Gasteiger charge is -2.39. The van der Waals surface area contributed by atoms with Gasteiger partial charge in [0.1, 0.15) is 0 Å². The van der Waals surface area contributed by atoms with Gasteiger partial charge in [0.2, 0.25) is 5.91 Å². The second-order valence-corrected chi connectivity index (χ2v) is 6.33. The third-order valence-electron chi connectivity index (χ3n) is 3.53. The molecule has 1 N–H and O–H groups in total. The lowest BCUT2D eigenvalue weighted by molar-refractivity contribution is -0.133. The summed E-state index contributed by atoms with van der Waals surface area (Å²) in [5, 5.41) is 3.51. The Balaban J connectivity index is 2.44. The van der Waals surface area contributed by atoms with Crippen LogP contribution >= 0.6 is 11.8 Å². The van der Waals surface area contributed by atoms with E-state index < -0.39 is 0 Å². The molecule has 0 aliphatic carbocycles. The van der Waals surface area contributed by atoms with Gasteiger partial charge in [-0.3, -0.25) is 4.79 Å². The second kappa shape index (κ2) is 7.27. The van der Waals surface area contributed by atoms with Crippen LogP contribution in [0.3, 0.4) is 0 Å². The van der Waals surface area contributed by atoms with E-state index in [4.69, 9.17) is 0 Å². The molecule has 3 atom stereocenters. The second-order valence-electron chi connectivity index (χ2n) is 4.88. The first kappa shape index (κ1) is 14.8. The minimum absolute atomic E-state index is 0.106.